The van der Waals surface area contributed by atoms with Gasteiger partial charge in [0.25, 0.3) is 0 Å². The van der Waals surface area contributed by atoms with Gasteiger partial charge in [-0.25, -0.2) is 4.39 Å². The first kappa shape index (κ1) is 14.3. The van der Waals surface area contributed by atoms with Crippen LogP contribution in [0.15, 0.2) is 40.9 Å². The van der Waals surface area contributed by atoms with Crippen molar-refractivity contribution in [3.63, 3.8) is 0 Å². The summed E-state index contributed by atoms with van der Waals surface area (Å²) in [6, 6.07) is 11.5. The van der Waals surface area contributed by atoms with E-state index in [4.69, 9.17) is 0 Å². The van der Waals surface area contributed by atoms with E-state index in [9.17, 15) is 4.39 Å². The van der Waals surface area contributed by atoms with Gasteiger partial charge in [-0.15, -0.1) is 0 Å². The zero-order valence-corrected chi connectivity index (χ0v) is 14.2. The maximum absolute atomic E-state index is 13.5. The molecular formula is C17H15Br2F. The van der Waals surface area contributed by atoms with Gasteiger partial charge in [0, 0.05) is 4.47 Å². The van der Waals surface area contributed by atoms with E-state index >= 15 is 0 Å². The van der Waals surface area contributed by atoms with Gasteiger partial charge < -0.3 is 0 Å². The number of aryl methyl sites for hydroxylation is 2. The molecule has 20 heavy (non-hydrogen) atoms. The fourth-order valence-electron chi connectivity index (χ4n) is 2.80. The minimum absolute atomic E-state index is 0.0137. The second-order valence-electron chi connectivity index (χ2n) is 5.26. The van der Waals surface area contributed by atoms with Crippen LogP contribution in [0.3, 0.4) is 0 Å². The third-order valence-electron chi connectivity index (χ3n) is 3.90. The molecule has 0 N–H and O–H groups in total. The summed E-state index contributed by atoms with van der Waals surface area (Å²) < 4.78 is 14.4. The summed E-state index contributed by atoms with van der Waals surface area (Å²) in [4.78, 5) is 0.0137. The first-order valence-corrected chi connectivity index (χ1v) is 8.57. The maximum Gasteiger partial charge on any atom is 0.123 e. The summed E-state index contributed by atoms with van der Waals surface area (Å²) in [6.07, 6.45) is 4.91. The monoisotopic (exact) mass is 396 g/mol. The molecule has 0 saturated carbocycles. The molecule has 2 aromatic carbocycles. The van der Waals surface area contributed by atoms with Crippen molar-refractivity contribution in [3.8, 4) is 0 Å². The number of hydrogen-bond donors (Lipinski definition) is 0. The fraction of sp³-hybridized carbons (Fsp3) is 0.294. The molecule has 0 spiro atoms. The van der Waals surface area contributed by atoms with Gasteiger partial charge >= 0.3 is 0 Å². The Morgan fingerprint density at radius 3 is 2.50 bits per heavy atom. The van der Waals surface area contributed by atoms with Crippen molar-refractivity contribution in [1.82, 2.24) is 0 Å². The van der Waals surface area contributed by atoms with Gasteiger partial charge in [0.1, 0.15) is 5.82 Å². The number of rotatable bonds is 2. The van der Waals surface area contributed by atoms with Crippen molar-refractivity contribution >= 4 is 31.9 Å². The van der Waals surface area contributed by atoms with Gasteiger partial charge in [0.15, 0.2) is 0 Å². The highest BCUT2D eigenvalue weighted by Crippen LogP contribution is 2.37. The molecule has 0 bridgehead atoms. The van der Waals surface area contributed by atoms with Crippen LogP contribution < -0.4 is 0 Å². The van der Waals surface area contributed by atoms with Crippen LogP contribution in [0.5, 0.6) is 0 Å². The van der Waals surface area contributed by atoms with E-state index in [2.05, 4.69) is 50.1 Å². The molecule has 0 nitrogen and oxygen atoms in total. The quantitative estimate of drug-likeness (QED) is 0.549. The van der Waals surface area contributed by atoms with Crippen molar-refractivity contribution in [2.75, 3.05) is 0 Å². The number of halogens is 3. The lowest BCUT2D eigenvalue weighted by molar-refractivity contribution is 0.625. The van der Waals surface area contributed by atoms with Crippen molar-refractivity contribution < 1.29 is 4.39 Å². The Balaban J connectivity index is 1.97. The molecule has 0 aliphatic heterocycles. The van der Waals surface area contributed by atoms with E-state index < -0.39 is 0 Å². The molecule has 0 heterocycles. The Kier molecular flexibility index (Phi) is 4.27. The first-order valence-electron chi connectivity index (χ1n) is 6.86. The summed E-state index contributed by atoms with van der Waals surface area (Å²) in [5.41, 5.74) is 5.04. The number of fused-ring (bicyclic) bond motifs is 1. The van der Waals surface area contributed by atoms with Crippen LogP contribution in [-0.4, -0.2) is 0 Å². The maximum atomic E-state index is 13.5. The molecule has 1 atom stereocenters. The summed E-state index contributed by atoms with van der Waals surface area (Å²) in [7, 11) is 0. The van der Waals surface area contributed by atoms with Crippen LogP contribution in [-0.2, 0) is 12.8 Å². The van der Waals surface area contributed by atoms with Crippen LogP contribution in [0.2, 0.25) is 0 Å². The molecule has 2 aromatic rings. The molecule has 3 rings (SSSR count). The minimum atomic E-state index is -0.203. The van der Waals surface area contributed by atoms with E-state index in [1.807, 2.05) is 0 Å². The highest BCUT2D eigenvalue weighted by Gasteiger charge is 2.17. The molecule has 3 heteroatoms. The van der Waals surface area contributed by atoms with Crippen molar-refractivity contribution in [2.24, 2.45) is 0 Å². The van der Waals surface area contributed by atoms with E-state index in [-0.39, 0.29) is 10.6 Å². The smallest absolute Gasteiger partial charge is 0.123 e. The van der Waals surface area contributed by atoms with E-state index in [1.165, 1.54) is 42.0 Å². The standard InChI is InChI=1S/C17H15Br2F/c18-16-8-7-14(20)10-15(16)17(19)13-6-5-11-3-1-2-4-12(11)9-13/h5-10,17H,1-4H2. The average Bonchev–Trinajstić information content (AvgIpc) is 2.48. The van der Waals surface area contributed by atoms with E-state index in [0.717, 1.165) is 16.5 Å². The van der Waals surface area contributed by atoms with Gasteiger partial charge in [0.05, 0.1) is 4.83 Å². The van der Waals surface area contributed by atoms with Gasteiger partial charge in [-0.3, -0.25) is 0 Å². The number of benzene rings is 2. The zero-order valence-electron chi connectivity index (χ0n) is 11.0. The molecule has 1 unspecified atom stereocenters. The van der Waals surface area contributed by atoms with Crippen LogP contribution >= 0.6 is 31.9 Å². The topological polar surface area (TPSA) is 0 Å². The normalized spacial score (nSPS) is 15.8. The Morgan fingerprint density at radius 1 is 0.950 bits per heavy atom. The molecule has 0 fully saturated rings. The Bertz CT molecular complexity index is 637. The predicted molar refractivity (Wildman–Crippen MR) is 88.0 cm³/mol. The molecule has 1 aliphatic rings. The zero-order chi connectivity index (χ0) is 14.1. The number of hydrogen-bond acceptors (Lipinski definition) is 0. The van der Waals surface area contributed by atoms with Crippen molar-refractivity contribution in [1.29, 1.82) is 0 Å². The third kappa shape index (κ3) is 2.84. The van der Waals surface area contributed by atoms with Crippen LogP contribution in [0, 0.1) is 5.82 Å². The van der Waals surface area contributed by atoms with Crippen molar-refractivity contribution in [2.45, 2.75) is 30.5 Å². The molecule has 0 amide bonds. The van der Waals surface area contributed by atoms with Crippen LogP contribution in [0.25, 0.3) is 0 Å². The molecule has 1 aliphatic carbocycles. The van der Waals surface area contributed by atoms with Gasteiger partial charge in [0.2, 0.25) is 0 Å². The average molecular weight is 398 g/mol. The minimum Gasteiger partial charge on any atom is -0.207 e. The SMILES string of the molecule is Fc1ccc(Br)c(C(Br)c2ccc3c(c2)CCCC3)c1. The Labute approximate surface area is 135 Å². The lowest BCUT2D eigenvalue weighted by Gasteiger charge is -2.19. The predicted octanol–water partition coefficient (Wildman–Crippen LogP) is 5.95. The summed E-state index contributed by atoms with van der Waals surface area (Å²) in [5.74, 6) is -0.203. The van der Waals surface area contributed by atoms with Crippen LogP contribution in [0.1, 0.15) is 39.9 Å². The van der Waals surface area contributed by atoms with Gasteiger partial charge in [-0.2, -0.15) is 0 Å². The summed E-state index contributed by atoms with van der Waals surface area (Å²) in [5, 5.41) is 0. The molecule has 0 saturated heterocycles. The second kappa shape index (κ2) is 5.98. The van der Waals surface area contributed by atoms with Gasteiger partial charge in [-0.05, 0) is 66.1 Å². The first-order chi connectivity index (χ1) is 9.65. The Hall–Kier alpha value is -0.670. The Morgan fingerprint density at radius 2 is 1.70 bits per heavy atom. The second-order valence-corrected chi connectivity index (χ2v) is 7.03. The third-order valence-corrected chi connectivity index (χ3v) is 5.64. The molecule has 0 radical (unpaired) electrons. The highest BCUT2D eigenvalue weighted by atomic mass is 79.9. The highest BCUT2D eigenvalue weighted by molar-refractivity contribution is 9.11. The van der Waals surface area contributed by atoms with Gasteiger partial charge in [-0.1, -0.05) is 50.1 Å². The van der Waals surface area contributed by atoms with Crippen molar-refractivity contribution in [3.05, 3.63) is 68.9 Å². The molecule has 104 valence electrons. The lowest BCUT2D eigenvalue weighted by atomic mass is 9.89. The van der Waals surface area contributed by atoms with Crippen LogP contribution in [0.4, 0.5) is 4.39 Å². The largest absolute Gasteiger partial charge is 0.207 e. The fourth-order valence-corrected chi connectivity index (χ4v) is 4.25. The van der Waals surface area contributed by atoms with E-state index in [1.54, 1.807) is 12.1 Å². The van der Waals surface area contributed by atoms with E-state index in [0.29, 0.717) is 0 Å². The molecule has 0 aromatic heterocycles. The summed E-state index contributed by atoms with van der Waals surface area (Å²) in [6.45, 7) is 0. The molecular weight excluding hydrogens is 383 g/mol. The number of alkyl halides is 1. The lowest BCUT2D eigenvalue weighted by Crippen LogP contribution is -2.04. The summed E-state index contributed by atoms with van der Waals surface area (Å²) >= 11 is 7.22.